The number of ether oxygens (including phenoxy) is 1. The zero-order valence-electron chi connectivity index (χ0n) is 18.1. The highest BCUT2D eigenvalue weighted by Crippen LogP contribution is 2.25. The van der Waals surface area contributed by atoms with Gasteiger partial charge in [-0.05, 0) is 57.2 Å². The van der Waals surface area contributed by atoms with Crippen molar-refractivity contribution in [1.82, 2.24) is 10.6 Å². The van der Waals surface area contributed by atoms with Crippen LogP contribution in [0.1, 0.15) is 58.4 Å². The van der Waals surface area contributed by atoms with Crippen LogP contribution >= 0.6 is 0 Å². The number of benzene rings is 1. The first-order valence-electron chi connectivity index (χ1n) is 10.5. The zero-order chi connectivity index (χ0) is 22.0. The molecular weight excluding hydrogens is 382 g/mol. The second-order valence-electron chi connectivity index (χ2n) is 8.51. The molecule has 1 fully saturated rings. The first kappa shape index (κ1) is 23.4. The van der Waals surface area contributed by atoms with Gasteiger partial charge in [-0.25, -0.2) is 4.79 Å². The number of allylic oxidation sites excluding steroid dienone is 1. The maximum atomic E-state index is 12.2. The highest BCUT2D eigenvalue weighted by atomic mass is 16.6. The van der Waals surface area contributed by atoms with Crippen molar-refractivity contribution in [3.05, 3.63) is 42.0 Å². The molecule has 1 aromatic rings. The van der Waals surface area contributed by atoms with Gasteiger partial charge in [-0.2, -0.15) is 0 Å². The Morgan fingerprint density at radius 2 is 1.80 bits per heavy atom. The van der Waals surface area contributed by atoms with Crippen molar-refractivity contribution in [3.8, 4) is 0 Å². The van der Waals surface area contributed by atoms with Gasteiger partial charge in [0.15, 0.2) is 0 Å². The molecule has 7 nitrogen and oxygen atoms in total. The second-order valence-corrected chi connectivity index (χ2v) is 8.51. The first-order chi connectivity index (χ1) is 14.2. The lowest BCUT2D eigenvalue weighted by atomic mass is 10.1. The van der Waals surface area contributed by atoms with Crippen LogP contribution in [-0.2, 0) is 20.9 Å². The van der Waals surface area contributed by atoms with Crippen LogP contribution in [-0.4, -0.2) is 30.1 Å². The van der Waals surface area contributed by atoms with E-state index in [2.05, 4.69) is 16.0 Å². The summed E-state index contributed by atoms with van der Waals surface area (Å²) in [6, 6.07) is 7.37. The number of hydrogen-bond donors (Lipinski definition) is 3. The Kier molecular flexibility index (Phi) is 8.89. The fraction of sp³-hybridized carbons (Fsp3) is 0.522. The zero-order valence-corrected chi connectivity index (χ0v) is 18.1. The van der Waals surface area contributed by atoms with Crippen molar-refractivity contribution in [2.75, 3.05) is 11.9 Å². The fourth-order valence-corrected chi connectivity index (χ4v) is 3.22. The van der Waals surface area contributed by atoms with Crippen LogP contribution in [0.2, 0.25) is 0 Å². The first-order valence-corrected chi connectivity index (χ1v) is 10.5. The maximum Gasteiger partial charge on any atom is 0.407 e. The molecule has 0 spiro atoms. The minimum absolute atomic E-state index is 0.137. The number of amides is 3. The Labute approximate surface area is 178 Å². The number of nitrogens with one attached hydrogen (secondary N) is 3. The van der Waals surface area contributed by atoms with Crippen LogP contribution in [0.4, 0.5) is 10.5 Å². The highest BCUT2D eigenvalue weighted by Gasteiger charge is 2.16. The van der Waals surface area contributed by atoms with E-state index in [0.717, 1.165) is 18.4 Å². The number of alkyl carbamates (subject to hydrolysis) is 1. The van der Waals surface area contributed by atoms with Gasteiger partial charge in [0.2, 0.25) is 11.8 Å². The van der Waals surface area contributed by atoms with Gasteiger partial charge in [0.05, 0.1) is 0 Å². The van der Waals surface area contributed by atoms with Crippen molar-refractivity contribution >= 4 is 23.6 Å². The predicted octanol–water partition coefficient (Wildman–Crippen LogP) is 3.90. The predicted molar refractivity (Wildman–Crippen MR) is 117 cm³/mol. The van der Waals surface area contributed by atoms with E-state index < -0.39 is 11.7 Å². The molecule has 0 radical (unpaired) electrons. The van der Waals surface area contributed by atoms with E-state index in [4.69, 9.17) is 4.74 Å². The molecule has 3 N–H and O–H groups in total. The van der Waals surface area contributed by atoms with Crippen LogP contribution < -0.4 is 16.0 Å². The summed E-state index contributed by atoms with van der Waals surface area (Å²) in [5.74, 6) is 0.134. The minimum atomic E-state index is -0.577. The molecule has 3 amide bonds. The lowest BCUT2D eigenvalue weighted by Crippen LogP contribution is -2.35. The Bertz CT molecular complexity index is 762. The summed E-state index contributed by atoms with van der Waals surface area (Å²) in [5, 5.41) is 8.25. The van der Waals surface area contributed by atoms with E-state index in [0.29, 0.717) is 11.6 Å². The van der Waals surface area contributed by atoms with Gasteiger partial charge < -0.3 is 20.7 Å². The highest BCUT2D eigenvalue weighted by molar-refractivity contribution is 5.99. The molecule has 1 saturated carbocycles. The Morgan fingerprint density at radius 3 is 2.50 bits per heavy atom. The molecular formula is C23H33N3O4. The van der Waals surface area contributed by atoms with Crippen LogP contribution in [0.15, 0.2) is 36.4 Å². The summed E-state index contributed by atoms with van der Waals surface area (Å²) < 4.78 is 5.13. The van der Waals surface area contributed by atoms with Crippen molar-refractivity contribution in [2.45, 2.75) is 65.0 Å². The molecule has 1 aromatic carbocycles. The molecule has 0 aliphatic heterocycles. The van der Waals surface area contributed by atoms with E-state index in [-0.39, 0.29) is 31.3 Å². The van der Waals surface area contributed by atoms with Gasteiger partial charge in [0.1, 0.15) is 5.60 Å². The van der Waals surface area contributed by atoms with E-state index in [1.807, 2.05) is 30.3 Å². The summed E-state index contributed by atoms with van der Waals surface area (Å²) in [7, 11) is 0. The molecule has 30 heavy (non-hydrogen) atoms. The van der Waals surface area contributed by atoms with Crippen LogP contribution in [0, 0.1) is 5.92 Å². The number of carbonyl (C=O) groups excluding carboxylic acids is 3. The van der Waals surface area contributed by atoms with E-state index in [1.54, 1.807) is 26.8 Å². The molecule has 0 aromatic heterocycles. The topological polar surface area (TPSA) is 96.5 Å². The summed E-state index contributed by atoms with van der Waals surface area (Å²) in [6.45, 7) is 5.80. The van der Waals surface area contributed by atoms with Crippen molar-refractivity contribution in [3.63, 3.8) is 0 Å². The average molecular weight is 416 g/mol. The van der Waals surface area contributed by atoms with Gasteiger partial charge in [-0.3, -0.25) is 9.59 Å². The van der Waals surface area contributed by atoms with Gasteiger partial charge in [0.25, 0.3) is 0 Å². The molecule has 0 atom stereocenters. The molecule has 2 rings (SSSR count). The molecule has 164 valence electrons. The third-order valence-corrected chi connectivity index (χ3v) is 4.69. The summed E-state index contributed by atoms with van der Waals surface area (Å²) in [4.78, 5) is 35.9. The normalized spacial score (nSPS) is 14.5. The lowest BCUT2D eigenvalue weighted by molar-refractivity contribution is -0.121. The third kappa shape index (κ3) is 9.11. The number of hydrogen-bond acceptors (Lipinski definition) is 4. The van der Waals surface area contributed by atoms with Gasteiger partial charge in [-0.15, -0.1) is 0 Å². The SMILES string of the molecule is CC(C)(C)OC(=O)NCCC(=O)NCc1ccccc1NC(=O)/C=C/C1CCCC1. The Balaban J connectivity index is 1.76. The standard InChI is InChI=1S/C23H33N3O4/c1-23(2,3)30-22(29)24-15-14-20(27)25-16-18-10-6-7-11-19(18)26-21(28)13-12-17-8-4-5-9-17/h6-7,10-13,17H,4-5,8-9,14-16H2,1-3H3,(H,24,29)(H,25,27)(H,26,28)/b13-12+. The molecule has 0 unspecified atom stereocenters. The van der Waals surface area contributed by atoms with Crippen LogP contribution in [0.3, 0.4) is 0 Å². The second kappa shape index (κ2) is 11.4. The molecule has 0 bridgehead atoms. The smallest absolute Gasteiger partial charge is 0.407 e. The molecule has 0 saturated heterocycles. The van der Waals surface area contributed by atoms with E-state index >= 15 is 0 Å². The van der Waals surface area contributed by atoms with Crippen molar-refractivity contribution < 1.29 is 19.1 Å². The average Bonchev–Trinajstić information content (AvgIpc) is 3.18. The van der Waals surface area contributed by atoms with Gasteiger partial charge in [-0.1, -0.05) is 37.1 Å². The largest absolute Gasteiger partial charge is 0.444 e. The quantitative estimate of drug-likeness (QED) is 0.561. The Hall–Kier alpha value is -2.83. The number of para-hydroxylation sites is 1. The summed E-state index contributed by atoms with van der Waals surface area (Å²) in [5.41, 5.74) is 0.909. The minimum Gasteiger partial charge on any atom is -0.444 e. The fourth-order valence-electron chi connectivity index (χ4n) is 3.22. The lowest BCUT2D eigenvalue weighted by Gasteiger charge is -2.19. The van der Waals surface area contributed by atoms with Crippen LogP contribution in [0.25, 0.3) is 0 Å². The maximum absolute atomic E-state index is 12.2. The van der Waals surface area contributed by atoms with E-state index in [9.17, 15) is 14.4 Å². The van der Waals surface area contributed by atoms with Crippen molar-refractivity contribution in [1.29, 1.82) is 0 Å². The molecule has 1 aliphatic carbocycles. The number of carbonyl (C=O) groups is 3. The van der Waals surface area contributed by atoms with Crippen LogP contribution in [0.5, 0.6) is 0 Å². The van der Waals surface area contributed by atoms with Gasteiger partial charge >= 0.3 is 6.09 Å². The molecule has 1 aliphatic rings. The number of rotatable bonds is 8. The Morgan fingerprint density at radius 1 is 1.10 bits per heavy atom. The summed E-state index contributed by atoms with van der Waals surface area (Å²) >= 11 is 0. The third-order valence-electron chi connectivity index (χ3n) is 4.69. The molecule has 0 heterocycles. The number of anilines is 1. The van der Waals surface area contributed by atoms with E-state index in [1.165, 1.54) is 12.8 Å². The summed E-state index contributed by atoms with van der Waals surface area (Å²) in [6.07, 6.45) is 7.94. The monoisotopic (exact) mass is 415 g/mol. The molecule has 7 heteroatoms. The van der Waals surface area contributed by atoms with Crippen molar-refractivity contribution in [2.24, 2.45) is 5.92 Å². The van der Waals surface area contributed by atoms with Gasteiger partial charge in [0, 0.05) is 25.2 Å².